The van der Waals surface area contributed by atoms with Crippen LogP contribution in [-0.4, -0.2) is 34.4 Å². The van der Waals surface area contributed by atoms with E-state index in [-0.39, 0.29) is 6.61 Å². The molecule has 0 aliphatic rings. The Labute approximate surface area is 95.7 Å². The largest absolute Gasteiger partial charge is 0.395 e. The molecule has 0 atom stereocenters. The monoisotopic (exact) mass is 222 g/mol. The third kappa shape index (κ3) is 3.58. The fourth-order valence-electron chi connectivity index (χ4n) is 1.21. The third-order valence-electron chi connectivity index (χ3n) is 2.05. The van der Waals surface area contributed by atoms with Gasteiger partial charge in [0.15, 0.2) is 5.82 Å². The van der Waals surface area contributed by atoms with Crippen LogP contribution in [0.3, 0.4) is 0 Å². The number of unbranched alkanes of at least 4 members (excludes halogenated alkanes) is 1. The average molecular weight is 222 g/mol. The molecule has 16 heavy (non-hydrogen) atoms. The molecule has 5 heteroatoms. The smallest absolute Gasteiger partial charge is 0.155 e. The Morgan fingerprint density at radius 3 is 3.00 bits per heavy atom. The number of rotatable bonds is 6. The first-order valence-corrected chi connectivity index (χ1v) is 5.48. The van der Waals surface area contributed by atoms with Gasteiger partial charge in [-0.3, -0.25) is 4.99 Å². The summed E-state index contributed by atoms with van der Waals surface area (Å²) in [7, 11) is 0. The maximum atomic E-state index is 8.76. The highest BCUT2D eigenvalue weighted by Gasteiger charge is 2.05. The maximum Gasteiger partial charge on any atom is 0.155 e. The molecule has 0 spiro atoms. The van der Waals surface area contributed by atoms with Gasteiger partial charge in [0.2, 0.25) is 0 Å². The van der Waals surface area contributed by atoms with Crippen LogP contribution in [0.4, 0.5) is 11.5 Å². The summed E-state index contributed by atoms with van der Waals surface area (Å²) in [6, 6.07) is 0. The van der Waals surface area contributed by atoms with Crippen LogP contribution in [0.1, 0.15) is 25.5 Å². The first kappa shape index (κ1) is 12.6. The van der Waals surface area contributed by atoms with Gasteiger partial charge in [-0.05, 0) is 13.3 Å². The number of aliphatic imine (C=N–C) groups is 1. The number of aromatic nitrogens is 2. The van der Waals surface area contributed by atoms with Gasteiger partial charge in [-0.2, -0.15) is 0 Å². The minimum atomic E-state index is 0.0706. The first-order valence-electron chi connectivity index (χ1n) is 5.48. The Kier molecular flexibility index (Phi) is 5.42. The highest BCUT2D eigenvalue weighted by molar-refractivity contribution is 5.71. The van der Waals surface area contributed by atoms with Crippen LogP contribution in [0.5, 0.6) is 0 Å². The average Bonchev–Trinajstić information content (AvgIpc) is 2.29. The van der Waals surface area contributed by atoms with Gasteiger partial charge in [-0.1, -0.05) is 13.3 Å². The topological polar surface area (TPSA) is 70.4 Å². The molecule has 0 saturated heterocycles. The molecule has 5 nitrogen and oxygen atoms in total. The molecule has 0 unspecified atom stereocenters. The summed E-state index contributed by atoms with van der Waals surface area (Å²) >= 11 is 0. The number of hydrogen-bond acceptors (Lipinski definition) is 5. The predicted molar refractivity (Wildman–Crippen MR) is 65.4 cm³/mol. The Hall–Kier alpha value is -1.49. The van der Waals surface area contributed by atoms with E-state index in [4.69, 9.17) is 5.11 Å². The maximum absolute atomic E-state index is 8.76. The molecule has 1 aromatic heterocycles. The van der Waals surface area contributed by atoms with Crippen LogP contribution in [0.2, 0.25) is 0 Å². The molecule has 1 aromatic rings. The zero-order valence-corrected chi connectivity index (χ0v) is 9.77. The Bertz CT molecular complexity index is 352. The summed E-state index contributed by atoms with van der Waals surface area (Å²) in [4.78, 5) is 12.6. The lowest BCUT2D eigenvalue weighted by atomic mass is 10.3. The number of anilines is 1. The zero-order chi connectivity index (χ0) is 11.8. The number of nitrogens with one attached hydrogen (secondary N) is 1. The van der Waals surface area contributed by atoms with Gasteiger partial charge >= 0.3 is 0 Å². The van der Waals surface area contributed by atoms with Crippen molar-refractivity contribution < 1.29 is 5.11 Å². The van der Waals surface area contributed by atoms with E-state index in [0.29, 0.717) is 12.4 Å². The molecule has 0 aromatic carbocycles. The number of aliphatic hydroxyl groups is 1. The molecular formula is C11H18N4O. The lowest BCUT2D eigenvalue weighted by Crippen LogP contribution is -2.07. The lowest BCUT2D eigenvalue weighted by molar-refractivity contribution is 0.311. The Morgan fingerprint density at radius 1 is 1.50 bits per heavy atom. The molecule has 2 N–H and O–H groups in total. The van der Waals surface area contributed by atoms with Crippen molar-refractivity contribution in [2.24, 2.45) is 4.99 Å². The van der Waals surface area contributed by atoms with E-state index in [0.717, 1.165) is 24.2 Å². The zero-order valence-electron chi connectivity index (χ0n) is 9.77. The lowest BCUT2D eigenvalue weighted by Gasteiger charge is -2.07. The number of aryl methyl sites for hydroxylation is 1. The molecule has 88 valence electrons. The predicted octanol–water partition coefficient (Wildman–Crippen LogP) is 1.69. The number of hydrogen-bond donors (Lipinski definition) is 2. The van der Waals surface area contributed by atoms with Crippen molar-refractivity contribution in [1.29, 1.82) is 0 Å². The van der Waals surface area contributed by atoms with Gasteiger partial charge < -0.3 is 10.4 Å². The molecular weight excluding hydrogens is 204 g/mol. The van der Waals surface area contributed by atoms with Crippen molar-refractivity contribution in [3.05, 3.63) is 12.0 Å². The van der Waals surface area contributed by atoms with Crippen LogP contribution in [0.25, 0.3) is 0 Å². The van der Waals surface area contributed by atoms with Crippen LogP contribution in [-0.2, 0) is 0 Å². The van der Waals surface area contributed by atoms with Crippen LogP contribution < -0.4 is 5.32 Å². The van der Waals surface area contributed by atoms with Crippen molar-refractivity contribution in [3.63, 3.8) is 0 Å². The molecule has 1 heterocycles. The van der Waals surface area contributed by atoms with E-state index in [9.17, 15) is 0 Å². The molecule has 0 fully saturated rings. The molecule has 0 bridgehead atoms. The third-order valence-corrected chi connectivity index (χ3v) is 2.05. The molecule has 0 amide bonds. The van der Waals surface area contributed by atoms with Gasteiger partial charge in [0.05, 0.1) is 12.3 Å². The quantitative estimate of drug-likeness (QED) is 0.718. The molecule has 0 saturated carbocycles. The van der Waals surface area contributed by atoms with Crippen molar-refractivity contribution in [3.8, 4) is 0 Å². The van der Waals surface area contributed by atoms with Crippen molar-refractivity contribution in [2.45, 2.75) is 26.7 Å². The van der Waals surface area contributed by atoms with Gasteiger partial charge in [0, 0.05) is 12.8 Å². The van der Waals surface area contributed by atoms with E-state index >= 15 is 0 Å². The molecule has 0 radical (unpaired) electrons. The number of aliphatic hydroxyl groups excluding tert-OH is 1. The number of nitrogens with zero attached hydrogens (tertiary/aromatic N) is 3. The molecule has 0 aliphatic heterocycles. The summed E-state index contributed by atoms with van der Waals surface area (Å²) in [6.45, 7) is 4.53. The van der Waals surface area contributed by atoms with Crippen LogP contribution in [0.15, 0.2) is 11.3 Å². The normalized spacial score (nSPS) is 10.9. The summed E-state index contributed by atoms with van der Waals surface area (Å²) in [5, 5.41) is 11.8. The molecule has 0 aliphatic carbocycles. The minimum Gasteiger partial charge on any atom is -0.395 e. The van der Waals surface area contributed by atoms with Gasteiger partial charge in [-0.15, -0.1) is 0 Å². The minimum absolute atomic E-state index is 0.0706. The SMILES string of the molecule is CCCC=Nc1c(C)ncnc1NCCO. The van der Waals surface area contributed by atoms with E-state index < -0.39 is 0 Å². The fourth-order valence-corrected chi connectivity index (χ4v) is 1.21. The Morgan fingerprint density at radius 2 is 2.31 bits per heavy atom. The van der Waals surface area contributed by atoms with Crippen LogP contribution in [0, 0.1) is 6.92 Å². The van der Waals surface area contributed by atoms with Crippen molar-refractivity contribution in [2.75, 3.05) is 18.5 Å². The summed E-state index contributed by atoms with van der Waals surface area (Å²) < 4.78 is 0. The van der Waals surface area contributed by atoms with Crippen molar-refractivity contribution in [1.82, 2.24) is 9.97 Å². The van der Waals surface area contributed by atoms with Gasteiger partial charge in [0.25, 0.3) is 0 Å². The van der Waals surface area contributed by atoms with Gasteiger partial charge in [-0.25, -0.2) is 9.97 Å². The Balaban J connectivity index is 2.85. The first-order chi connectivity index (χ1) is 7.79. The van der Waals surface area contributed by atoms with Crippen LogP contribution >= 0.6 is 0 Å². The van der Waals surface area contributed by atoms with E-state index in [1.54, 1.807) is 0 Å². The van der Waals surface area contributed by atoms with E-state index in [1.165, 1.54) is 6.33 Å². The van der Waals surface area contributed by atoms with E-state index in [2.05, 4.69) is 27.2 Å². The standard InChI is InChI=1S/C11H18N4O/c1-3-4-5-12-10-9(2)14-8-15-11(10)13-6-7-16/h5,8,16H,3-4,6-7H2,1-2H3,(H,13,14,15). The summed E-state index contributed by atoms with van der Waals surface area (Å²) in [5.74, 6) is 0.675. The van der Waals surface area contributed by atoms with E-state index in [1.807, 2.05) is 13.1 Å². The summed E-state index contributed by atoms with van der Waals surface area (Å²) in [5.41, 5.74) is 1.59. The second-order valence-electron chi connectivity index (χ2n) is 3.41. The highest BCUT2D eigenvalue weighted by Crippen LogP contribution is 2.24. The second kappa shape index (κ2) is 6.90. The second-order valence-corrected chi connectivity index (χ2v) is 3.41. The fraction of sp³-hybridized carbons (Fsp3) is 0.545. The molecule has 1 rings (SSSR count). The van der Waals surface area contributed by atoms with Crippen molar-refractivity contribution >= 4 is 17.7 Å². The summed E-state index contributed by atoms with van der Waals surface area (Å²) in [6.07, 6.45) is 5.37. The highest BCUT2D eigenvalue weighted by atomic mass is 16.3. The van der Waals surface area contributed by atoms with Gasteiger partial charge in [0.1, 0.15) is 12.0 Å².